The van der Waals surface area contributed by atoms with E-state index in [1.807, 2.05) is 12.1 Å². The molecule has 1 aromatic heterocycles. The van der Waals surface area contributed by atoms with Gasteiger partial charge in [0.1, 0.15) is 11.5 Å². The third-order valence-electron chi connectivity index (χ3n) is 3.17. The summed E-state index contributed by atoms with van der Waals surface area (Å²) in [6.07, 6.45) is 1.22. The van der Waals surface area contributed by atoms with Crippen molar-refractivity contribution < 1.29 is 9.21 Å². The first-order valence-corrected chi connectivity index (χ1v) is 5.69. The summed E-state index contributed by atoms with van der Waals surface area (Å²) in [6.45, 7) is 4.51. The molecule has 16 heavy (non-hydrogen) atoms. The number of carbonyl (C=O) groups is 1. The molecule has 0 spiro atoms. The first-order chi connectivity index (χ1) is 7.58. The van der Waals surface area contributed by atoms with Crippen molar-refractivity contribution in [3.8, 4) is 0 Å². The van der Waals surface area contributed by atoms with Crippen molar-refractivity contribution in [3.63, 3.8) is 0 Å². The van der Waals surface area contributed by atoms with Gasteiger partial charge in [-0.25, -0.2) is 0 Å². The molecule has 1 heterocycles. The van der Waals surface area contributed by atoms with Gasteiger partial charge in [-0.2, -0.15) is 0 Å². The SMILES string of the molecule is CC(NCc1ccc(C2CC2C)o1)C(N)=O. The van der Waals surface area contributed by atoms with E-state index in [1.165, 1.54) is 6.42 Å². The second-order valence-corrected chi connectivity index (χ2v) is 4.63. The molecule has 4 heteroatoms. The number of hydrogen-bond donors (Lipinski definition) is 2. The van der Waals surface area contributed by atoms with Crippen LogP contribution in [0.15, 0.2) is 16.5 Å². The van der Waals surface area contributed by atoms with Crippen LogP contribution in [0, 0.1) is 5.92 Å². The molecule has 0 bridgehead atoms. The van der Waals surface area contributed by atoms with Crippen LogP contribution in [-0.4, -0.2) is 11.9 Å². The van der Waals surface area contributed by atoms with Gasteiger partial charge in [-0.05, 0) is 31.4 Å². The average molecular weight is 222 g/mol. The van der Waals surface area contributed by atoms with E-state index in [-0.39, 0.29) is 11.9 Å². The average Bonchev–Trinajstić information content (AvgIpc) is 2.80. The van der Waals surface area contributed by atoms with Gasteiger partial charge in [0.15, 0.2) is 0 Å². The Labute approximate surface area is 95.2 Å². The highest BCUT2D eigenvalue weighted by atomic mass is 16.3. The minimum atomic E-state index is -0.345. The molecule has 1 aliphatic rings. The molecule has 0 aromatic carbocycles. The third-order valence-corrected chi connectivity index (χ3v) is 3.17. The molecule has 1 saturated carbocycles. The first kappa shape index (κ1) is 11.2. The fraction of sp³-hybridized carbons (Fsp3) is 0.583. The quantitative estimate of drug-likeness (QED) is 0.790. The fourth-order valence-electron chi connectivity index (χ4n) is 1.76. The van der Waals surface area contributed by atoms with E-state index in [0.29, 0.717) is 12.5 Å². The Morgan fingerprint density at radius 1 is 1.69 bits per heavy atom. The molecule has 3 unspecified atom stereocenters. The molecule has 3 atom stereocenters. The molecule has 1 aromatic rings. The maximum atomic E-state index is 10.8. The molecular formula is C12H18N2O2. The van der Waals surface area contributed by atoms with Crippen LogP contribution in [0.3, 0.4) is 0 Å². The summed E-state index contributed by atoms with van der Waals surface area (Å²) >= 11 is 0. The minimum absolute atomic E-state index is 0.326. The zero-order chi connectivity index (χ0) is 11.7. The van der Waals surface area contributed by atoms with E-state index in [2.05, 4.69) is 12.2 Å². The van der Waals surface area contributed by atoms with E-state index < -0.39 is 0 Å². The fourth-order valence-corrected chi connectivity index (χ4v) is 1.76. The number of hydrogen-bond acceptors (Lipinski definition) is 3. The van der Waals surface area contributed by atoms with Crippen molar-refractivity contribution >= 4 is 5.91 Å². The number of nitrogens with two attached hydrogens (primary N) is 1. The summed E-state index contributed by atoms with van der Waals surface area (Å²) in [5, 5.41) is 3.01. The molecular weight excluding hydrogens is 204 g/mol. The van der Waals surface area contributed by atoms with Crippen LogP contribution >= 0.6 is 0 Å². The topological polar surface area (TPSA) is 68.3 Å². The second-order valence-electron chi connectivity index (χ2n) is 4.63. The Balaban J connectivity index is 1.86. The third kappa shape index (κ3) is 2.44. The molecule has 1 aliphatic carbocycles. The van der Waals surface area contributed by atoms with Gasteiger partial charge in [0.25, 0.3) is 0 Å². The zero-order valence-electron chi connectivity index (χ0n) is 9.69. The highest BCUT2D eigenvalue weighted by molar-refractivity contribution is 5.79. The lowest BCUT2D eigenvalue weighted by Crippen LogP contribution is -2.38. The molecule has 88 valence electrons. The minimum Gasteiger partial charge on any atom is -0.464 e. The molecule has 0 radical (unpaired) electrons. The highest BCUT2D eigenvalue weighted by Gasteiger charge is 2.36. The van der Waals surface area contributed by atoms with E-state index >= 15 is 0 Å². The maximum absolute atomic E-state index is 10.8. The van der Waals surface area contributed by atoms with Crippen molar-refractivity contribution in [2.24, 2.45) is 11.7 Å². The summed E-state index contributed by atoms with van der Waals surface area (Å²) in [6, 6.07) is 3.66. The van der Waals surface area contributed by atoms with Crippen LogP contribution in [0.1, 0.15) is 37.7 Å². The van der Waals surface area contributed by atoms with Crippen LogP contribution in [-0.2, 0) is 11.3 Å². The maximum Gasteiger partial charge on any atom is 0.234 e. The number of nitrogens with one attached hydrogen (secondary N) is 1. The standard InChI is InChI=1S/C12H18N2O2/c1-7-5-10(7)11-4-3-9(16-11)6-14-8(2)12(13)15/h3-4,7-8,10,14H,5-6H2,1-2H3,(H2,13,15). The Hall–Kier alpha value is -1.29. The Morgan fingerprint density at radius 3 is 2.94 bits per heavy atom. The molecule has 0 aliphatic heterocycles. The van der Waals surface area contributed by atoms with Crippen LogP contribution in [0.4, 0.5) is 0 Å². The van der Waals surface area contributed by atoms with Crippen LogP contribution < -0.4 is 11.1 Å². The monoisotopic (exact) mass is 222 g/mol. The lowest BCUT2D eigenvalue weighted by Gasteiger charge is -2.07. The predicted molar refractivity (Wildman–Crippen MR) is 60.7 cm³/mol. The van der Waals surface area contributed by atoms with Crippen molar-refractivity contribution in [2.45, 2.75) is 38.8 Å². The Kier molecular flexibility index (Phi) is 3.01. The van der Waals surface area contributed by atoms with Crippen molar-refractivity contribution in [1.29, 1.82) is 0 Å². The van der Waals surface area contributed by atoms with Crippen molar-refractivity contribution in [1.82, 2.24) is 5.32 Å². The number of amides is 1. The number of primary amides is 1. The highest BCUT2D eigenvalue weighted by Crippen LogP contribution is 2.47. The zero-order valence-corrected chi connectivity index (χ0v) is 9.69. The molecule has 2 rings (SSSR count). The molecule has 1 amide bonds. The summed E-state index contributed by atoms with van der Waals surface area (Å²) in [7, 11) is 0. The predicted octanol–water partition coefficient (Wildman–Crippen LogP) is 1.37. The summed E-state index contributed by atoms with van der Waals surface area (Å²) < 4.78 is 5.69. The summed E-state index contributed by atoms with van der Waals surface area (Å²) in [5.41, 5.74) is 5.15. The number of furan rings is 1. The van der Waals surface area contributed by atoms with Gasteiger partial charge in [-0.3, -0.25) is 10.1 Å². The van der Waals surface area contributed by atoms with Gasteiger partial charge >= 0.3 is 0 Å². The van der Waals surface area contributed by atoms with E-state index in [1.54, 1.807) is 6.92 Å². The second kappa shape index (κ2) is 4.29. The number of rotatable bonds is 5. The Bertz CT molecular complexity index is 386. The smallest absolute Gasteiger partial charge is 0.234 e. The van der Waals surface area contributed by atoms with Gasteiger partial charge in [0.05, 0.1) is 12.6 Å². The Morgan fingerprint density at radius 2 is 2.38 bits per heavy atom. The normalized spacial score (nSPS) is 25.4. The van der Waals surface area contributed by atoms with Gasteiger partial charge in [0, 0.05) is 5.92 Å². The largest absolute Gasteiger partial charge is 0.464 e. The van der Waals surface area contributed by atoms with E-state index in [9.17, 15) is 4.79 Å². The van der Waals surface area contributed by atoms with Crippen LogP contribution in [0.25, 0.3) is 0 Å². The molecule has 4 nitrogen and oxygen atoms in total. The van der Waals surface area contributed by atoms with Gasteiger partial charge < -0.3 is 10.2 Å². The van der Waals surface area contributed by atoms with Crippen molar-refractivity contribution in [3.05, 3.63) is 23.7 Å². The van der Waals surface area contributed by atoms with Gasteiger partial charge in [0.2, 0.25) is 5.91 Å². The van der Waals surface area contributed by atoms with Gasteiger partial charge in [-0.15, -0.1) is 0 Å². The van der Waals surface area contributed by atoms with E-state index in [0.717, 1.165) is 17.4 Å². The molecule has 0 saturated heterocycles. The molecule has 3 N–H and O–H groups in total. The lowest BCUT2D eigenvalue weighted by molar-refractivity contribution is -0.119. The van der Waals surface area contributed by atoms with Crippen LogP contribution in [0.5, 0.6) is 0 Å². The van der Waals surface area contributed by atoms with Gasteiger partial charge in [-0.1, -0.05) is 6.92 Å². The summed E-state index contributed by atoms with van der Waals surface area (Å²) in [5.74, 6) is 2.93. The lowest BCUT2D eigenvalue weighted by atomic mass is 10.3. The summed E-state index contributed by atoms with van der Waals surface area (Å²) in [4.78, 5) is 10.8. The number of carbonyl (C=O) groups excluding carboxylic acids is 1. The van der Waals surface area contributed by atoms with E-state index in [4.69, 9.17) is 10.2 Å². The van der Waals surface area contributed by atoms with Crippen molar-refractivity contribution in [2.75, 3.05) is 0 Å². The first-order valence-electron chi connectivity index (χ1n) is 5.69. The molecule has 1 fully saturated rings. The van der Waals surface area contributed by atoms with Crippen LogP contribution in [0.2, 0.25) is 0 Å².